The lowest BCUT2D eigenvalue weighted by Crippen LogP contribution is -2.45. The van der Waals surface area contributed by atoms with Crippen LogP contribution in [0, 0.1) is 0 Å². The molecule has 0 bridgehead atoms. The van der Waals surface area contributed by atoms with Crippen molar-refractivity contribution in [2.45, 2.75) is 13.0 Å². The van der Waals surface area contributed by atoms with Crippen LogP contribution in [0.5, 0.6) is 0 Å². The smallest absolute Gasteiger partial charge is 0.338 e. The second-order valence-electron chi connectivity index (χ2n) is 5.68. The van der Waals surface area contributed by atoms with E-state index >= 15 is 0 Å². The van der Waals surface area contributed by atoms with Gasteiger partial charge in [-0.05, 0) is 24.6 Å². The second-order valence-corrected chi connectivity index (χ2v) is 5.68. The van der Waals surface area contributed by atoms with E-state index in [1.165, 1.54) is 7.11 Å². The fraction of sp³-hybridized carbons (Fsp3) is 0.412. The summed E-state index contributed by atoms with van der Waals surface area (Å²) in [7, 11) is 5.43. The number of urea groups is 1. The summed E-state index contributed by atoms with van der Waals surface area (Å²) >= 11 is 0. The molecule has 1 aromatic carbocycles. The van der Waals surface area contributed by atoms with Crippen molar-refractivity contribution in [3.8, 4) is 0 Å². The fourth-order valence-corrected chi connectivity index (χ4v) is 2.47. The average molecular weight is 333 g/mol. The van der Waals surface area contributed by atoms with E-state index in [-0.39, 0.29) is 12.6 Å². The molecule has 1 unspecified atom stereocenters. The molecular weight excluding hydrogens is 310 g/mol. The highest BCUT2D eigenvalue weighted by Gasteiger charge is 2.32. The Labute approximate surface area is 141 Å². The standard InChI is InChI=1S/C17H23N3O4/c1-11-14(16(21)24-10-9-23-4)15(19-17(22)18-11)12-5-7-13(8-6-12)20(2)3/h5-8,15H,9-10H2,1-4H3,(H2,18,19,22). The molecule has 0 radical (unpaired) electrons. The van der Waals surface area contributed by atoms with E-state index in [0.29, 0.717) is 17.9 Å². The normalized spacial score (nSPS) is 17.2. The van der Waals surface area contributed by atoms with Gasteiger partial charge in [-0.15, -0.1) is 0 Å². The van der Waals surface area contributed by atoms with Crippen LogP contribution in [-0.4, -0.2) is 46.4 Å². The molecular formula is C17H23N3O4. The first kappa shape index (κ1) is 17.8. The van der Waals surface area contributed by atoms with Crippen LogP contribution in [-0.2, 0) is 14.3 Å². The van der Waals surface area contributed by atoms with Gasteiger partial charge in [-0.1, -0.05) is 12.1 Å². The Morgan fingerprint density at radius 2 is 1.88 bits per heavy atom. The highest BCUT2D eigenvalue weighted by molar-refractivity contribution is 5.95. The van der Waals surface area contributed by atoms with Crippen LogP contribution < -0.4 is 15.5 Å². The molecule has 0 aromatic heterocycles. The summed E-state index contributed by atoms with van der Waals surface area (Å²) in [6, 6.07) is 6.76. The molecule has 2 amide bonds. The molecule has 0 fully saturated rings. The number of rotatable bonds is 6. The van der Waals surface area contributed by atoms with Crippen molar-refractivity contribution < 1.29 is 19.1 Å². The topological polar surface area (TPSA) is 79.9 Å². The zero-order valence-corrected chi connectivity index (χ0v) is 14.4. The van der Waals surface area contributed by atoms with Gasteiger partial charge in [-0.3, -0.25) is 0 Å². The number of allylic oxidation sites excluding steroid dienone is 1. The number of hydrogen-bond acceptors (Lipinski definition) is 5. The third-order valence-corrected chi connectivity index (χ3v) is 3.75. The Bertz CT molecular complexity index is 638. The van der Waals surface area contributed by atoms with Crippen molar-refractivity contribution in [1.29, 1.82) is 0 Å². The summed E-state index contributed by atoms with van der Waals surface area (Å²) < 4.78 is 10.1. The number of anilines is 1. The van der Waals surface area contributed by atoms with Crippen molar-refractivity contribution in [2.75, 3.05) is 39.3 Å². The van der Waals surface area contributed by atoms with Gasteiger partial charge in [-0.25, -0.2) is 9.59 Å². The van der Waals surface area contributed by atoms with Crippen molar-refractivity contribution in [3.05, 3.63) is 41.1 Å². The van der Waals surface area contributed by atoms with E-state index in [1.54, 1.807) is 6.92 Å². The molecule has 2 N–H and O–H groups in total. The molecule has 1 aliphatic rings. The summed E-state index contributed by atoms with van der Waals surface area (Å²) in [4.78, 5) is 26.2. The zero-order valence-electron chi connectivity index (χ0n) is 14.4. The number of esters is 1. The first-order valence-corrected chi connectivity index (χ1v) is 7.65. The van der Waals surface area contributed by atoms with E-state index in [9.17, 15) is 9.59 Å². The maximum absolute atomic E-state index is 12.4. The predicted octanol–water partition coefficient (Wildman–Crippen LogP) is 1.57. The Hall–Kier alpha value is -2.54. The van der Waals surface area contributed by atoms with Gasteiger partial charge >= 0.3 is 12.0 Å². The Balaban J connectivity index is 2.28. The molecule has 130 valence electrons. The van der Waals surface area contributed by atoms with Crippen LogP contribution in [0.15, 0.2) is 35.5 Å². The minimum absolute atomic E-state index is 0.159. The lowest BCUT2D eigenvalue weighted by molar-refractivity contribution is -0.140. The van der Waals surface area contributed by atoms with Crippen molar-refractivity contribution in [1.82, 2.24) is 10.6 Å². The zero-order chi connectivity index (χ0) is 17.7. The van der Waals surface area contributed by atoms with Gasteiger partial charge in [0, 0.05) is 32.6 Å². The van der Waals surface area contributed by atoms with Gasteiger partial charge in [0.1, 0.15) is 6.61 Å². The molecule has 1 heterocycles. The molecule has 0 aliphatic carbocycles. The van der Waals surface area contributed by atoms with E-state index < -0.39 is 12.0 Å². The Kier molecular flexibility index (Phi) is 5.81. The van der Waals surface area contributed by atoms with Gasteiger partial charge in [0.25, 0.3) is 0 Å². The number of nitrogens with zero attached hydrogens (tertiary/aromatic N) is 1. The lowest BCUT2D eigenvalue weighted by atomic mass is 9.95. The molecule has 1 aromatic rings. The molecule has 1 atom stereocenters. The summed E-state index contributed by atoms with van der Waals surface area (Å²) in [5.74, 6) is -0.473. The monoisotopic (exact) mass is 333 g/mol. The van der Waals surface area contributed by atoms with Gasteiger partial charge in [0.2, 0.25) is 0 Å². The van der Waals surface area contributed by atoms with Crippen LogP contribution in [0.1, 0.15) is 18.5 Å². The van der Waals surface area contributed by atoms with E-state index in [1.807, 2.05) is 43.3 Å². The number of methoxy groups -OCH3 is 1. The highest BCUT2D eigenvalue weighted by Crippen LogP contribution is 2.28. The third-order valence-electron chi connectivity index (χ3n) is 3.75. The summed E-state index contributed by atoms with van der Waals surface area (Å²) in [5.41, 5.74) is 2.73. The number of carbonyl (C=O) groups is 2. The van der Waals surface area contributed by atoms with Crippen LogP contribution in [0.2, 0.25) is 0 Å². The summed E-state index contributed by atoms with van der Waals surface area (Å²) in [5, 5.41) is 5.40. The summed E-state index contributed by atoms with van der Waals surface area (Å²) in [6.45, 7) is 2.17. The van der Waals surface area contributed by atoms with Gasteiger partial charge < -0.3 is 25.0 Å². The fourth-order valence-electron chi connectivity index (χ4n) is 2.47. The minimum atomic E-state index is -0.551. The number of carbonyl (C=O) groups excluding carboxylic acids is 2. The van der Waals surface area contributed by atoms with E-state index in [4.69, 9.17) is 9.47 Å². The van der Waals surface area contributed by atoms with E-state index in [0.717, 1.165) is 11.3 Å². The summed E-state index contributed by atoms with van der Waals surface area (Å²) in [6.07, 6.45) is 0. The maximum Gasteiger partial charge on any atom is 0.338 e. The van der Waals surface area contributed by atoms with Crippen LogP contribution in [0.25, 0.3) is 0 Å². The molecule has 7 nitrogen and oxygen atoms in total. The van der Waals surface area contributed by atoms with Gasteiger partial charge in [0.15, 0.2) is 0 Å². The third kappa shape index (κ3) is 4.05. The Morgan fingerprint density at radius 1 is 1.21 bits per heavy atom. The molecule has 1 aliphatic heterocycles. The number of benzene rings is 1. The SMILES string of the molecule is COCCOC(=O)C1=C(C)NC(=O)NC1c1ccc(N(C)C)cc1. The lowest BCUT2D eigenvalue weighted by Gasteiger charge is -2.28. The molecule has 24 heavy (non-hydrogen) atoms. The van der Waals surface area contributed by atoms with Crippen LogP contribution in [0.3, 0.4) is 0 Å². The minimum Gasteiger partial charge on any atom is -0.460 e. The van der Waals surface area contributed by atoms with Crippen molar-refractivity contribution >= 4 is 17.7 Å². The van der Waals surface area contributed by atoms with Crippen LogP contribution in [0.4, 0.5) is 10.5 Å². The molecule has 0 saturated heterocycles. The number of amides is 2. The molecule has 2 rings (SSSR count). The molecule has 7 heteroatoms. The predicted molar refractivity (Wildman–Crippen MR) is 90.7 cm³/mol. The first-order chi connectivity index (χ1) is 11.4. The first-order valence-electron chi connectivity index (χ1n) is 7.65. The number of ether oxygens (including phenoxy) is 2. The number of hydrogen-bond donors (Lipinski definition) is 2. The Morgan fingerprint density at radius 3 is 2.46 bits per heavy atom. The largest absolute Gasteiger partial charge is 0.460 e. The molecule has 0 spiro atoms. The van der Waals surface area contributed by atoms with Gasteiger partial charge in [0.05, 0.1) is 18.2 Å². The highest BCUT2D eigenvalue weighted by atomic mass is 16.6. The average Bonchev–Trinajstić information content (AvgIpc) is 2.54. The maximum atomic E-state index is 12.4. The van der Waals surface area contributed by atoms with Crippen molar-refractivity contribution in [2.24, 2.45) is 0 Å². The molecule has 0 saturated carbocycles. The van der Waals surface area contributed by atoms with E-state index in [2.05, 4.69) is 10.6 Å². The second kappa shape index (κ2) is 7.83. The quantitative estimate of drug-likeness (QED) is 0.610. The van der Waals surface area contributed by atoms with Crippen molar-refractivity contribution in [3.63, 3.8) is 0 Å². The number of nitrogens with one attached hydrogen (secondary N) is 2. The van der Waals surface area contributed by atoms with Gasteiger partial charge in [-0.2, -0.15) is 0 Å². The van der Waals surface area contributed by atoms with Crippen LogP contribution >= 0.6 is 0 Å².